The predicted molar refractivity (Wildman–Crippen MR) is 149 cm³/mol. The summed E-state index contributed by atoms with van der Waals surface area (Å²) < 4.78 is 5.03. The van der Waals surface area contributed by atoms with Gasteiger partial charge in [0.25, 0.3) is 0 Å². The summed E-state index contributed by atoms with van der Waals surface area (Å²) in [6, 6.07) is 0. The van der Waals surface area contributed by atoms with Gasteiger partial charge in [-0.25, -0.2) is 0 Å². The number of carbonyl (C=O) groups excluding carboxylic acids is 1. The third-order valence-electron chi connectivity index (χ3n) is 6.66. The fourth-order valence-electron chi connectivity index (χ4n) is 4.47. The number of aliphatic carboxylic acids is 1. The van der Waals surface area contributed by atoms with Gasteiger partial charge in [-0.2, -0.15) is 0 Å². The smallest absolute Gasteiger partial charge is 0.309 e. The molecular weight excluding hydrogens is 436 g/mol. The van der Waals surface area contributed by atoms with Crippen molar-refractivity contribution < 1.29 is 19.4 Å². The SMILES string of the molecule is C=CCOC(=O)C(CCCCCCCCCCCC/C=C/CCCCCCCCCC)CC(=O)O. The number of carboxylic acid groups (broad SMARTS) is 1. The third-order valence-corrected chi connectivity index (χ3v) is 6.66. The molecule has 0 aliphatic carbocycles. The number of esters is 1. The third kappa shape index (κ3) is 25.3. The number of ether oxygens (including phenoxy) is 1. The van der Waals surface area contributed by atoms with Crippen LogP contribution in [-0.4, -0.2) is 23.7 Å². The topological polar surface area (TPSA) is 63.6 Å². The largest absolute Gasteiger partial charge is 0.481 e. The van der Waals surface area contributed by atoms with Crippen LogP contribution >= 0.6 is 0 Å². The molecule has 35 heavy (non-hydrogen) atoms. The molecule has 1 atom stereocenters. The van der Waals surface area contributed by atoms with Gasteiger partial charge in [-0.3, -0.25) is 9.59 Å². The Hall–Kier alpha value is -1.58. The van der Waals surface area contributed by atoms with Crippen LogP contribution in [0.4, 0.5) is 0 Å². The molecule has 4 nitrogen and oxygen atoms in total. The molecule has 0 rings (SSSR count). The van der Waals surface area contributed by atoms with E-state index in [4.69, 9.17) is 9.84 Å². The van der Waals surface area contributed by atoms with Gasteiger partial charge < -0.3 is 9.84 Å². The minimum absolute atomic E-state index is 0.144. The lowest BCUT2D eigenvalue weighted by atomic mass is 9.97. The molecule has 0 aliphatic rings. The van der Waals surface area contributed by atoms with E-state index in [9.17, 15) is 9.59 Å². The van der Waals surface area contributed by atoms with Crippen LogP contribution in [0.3, 0.4) is 0 Å². The Morgan fingerprint density at radius 3 is 1.57 bits per heavy atom. The van der Waals surface area contributed by atoms with Crippen LogP contribution < -0.4 is 0 Å². The summed E-state index contributed by atoms with van der Waals surface area (Å²) in [4.78, 5) is 22.9. The molecule has 0 aromatic rings. The maximum atomic E-state index is 11.9. The van der Waals surface area contributed by atoms with Crippen molar-refractivity contribution in [3.63, 3.8) is 0 Å². The average molecular weight is 493 g/mol. The molecule has 0 aliphatic heterocycles. The molecule has 1 N–H and O–H groups in total. The second-order valence-corrected chi connectivity index (χ2v) is 10.1. The molecule has 4 heteroatoms. The van der Waals surface area contributed by atoms with Gasteiger partial charge in [0, 0.05) is 0 Å². The molecule has 0 aromatic heterocycles. The van der Waals surface area contributed by atoms with Crippen LogP contribution in [0.25, 0.3) is 0 Å². The average Bonchev–Trinajstić information content (AvgIpc) is 2.84. The molecule has 0 amide bonds. The van der Waals surface area contributed by atoms with Crippen LogP contribution in [0.2, 0.25) is 0 Å². The standard InChI is InChI=1S/C31H56O4/c1-3-5-6-7-8-9-10-11-12-13-14-15-16-17-18-19-20-21-22-23-24-25-26-29(28-30(32)33)31(34)35-27-4-2/h4,13-14,29H,2-3,5-12,15-28H2,1H3,(H,32,33)/b14-13+. The summed E-state index contributed by atoms with van der Waals surface area (Å²) in [7, 11) is 0. The Kier molecular flexibility index (Phi) is 25.8. The zero-order valence-corrected chi connectivity index (χ0v) is 23.0. The highest BCUT2D eigenvalue weighted by Gasteiger charge is 2.22. The van der Waals surface area contributed by atoms with Gasteiger partial charge in [-0.15, -0.1) is 0 Å². The number of carboxylic acids is 1. The highest BCUT2D eigenvalue weighted by molar-refractivity contribution is 5.79. The van der Waals surface area contributed by atoms with Crippen LogP contribution in [0, 0.1) is 5.92 Å². The van der Waals surface area contributed by atoms with Crippen molar-refractivity contribution in [2.45, 2.75) is 148 Å². The first-order valence-electron chi connectivity index (χ1n) is 14.8. The van der Waals surface area contributed by atoms with Crippen molar-refractivity contribution in [1.82, 2.24) is 0 Å². The fourth-order valence-corrected chi connectivity index (χ4v) is 4.47. The van der Waals surface area contributed by atoms with Crippen molar-refractivity contribution >= 4 is 11.9 Å². The highest BCUT2D eigenvalue weighted by Crippen LogP contribution is 2.18. The summed E-state index contributed by atoms with van der Waals surface area (Å²) >= 11 is 0. The minimum atomic E-state index is -0.944. The van der Waals surface area contributed by atoms with Crippen molar-refractivity contribution in [1.29, 1.82) is 0 Å². The molecule has 0 fully saturated rings. The predicted octanol–water partition coefficient (Wildman–Crippen LogP) is 9.57. The zero-order valence-electron chi connectivity index (χ0n) is 23.0. The monoisotopic (exact) mass is 492 g/mol. The van der Waals surface area contributed by atoms with Crippen molar-refractivity contribution in [2.24, 2.45) is 5.92 Å². The van der Waals surface area contributed by atoms with Crippen molar-refractivity contribution in [3.8, 4) is 0 Å². The van der Waals surface area contributed by atoms with Gasteiger partial charge in [-0.05, 0) is 32.1 Å². The van der Waals surface area contributed by atoms with E-state index in [0.29, 0.717) is 6.42 Å². The Balaban J connectivity index is 3.42. The van der Waals surface area contributed by atoms with Crippen molar-refractivity contribution in [3.05, 3.63) is 24.8 Å². The number of rotatable bonds is 27. The van der Waals surface area contributed by atoms with E-state index >= 15 is 0 Å². The van der Waals surface area contributed by atoms with Gasteiger partial charge in [0.05, 0.1) is 12.3 Å². The summed E-state index contributed by atoms with van der Waals surface area (Å²) in [6.45, 7) is 5.94. The van der Waals surface area contributed by atoms with E-state index < -0.39 is 17.9 Å². The Morgan fingerprint density at radius 1 is 0.714 bits per heavy atom. The minimum Gasteiger partial charge on any atom is -0.481 e. The lowest BCUT2D eigenvalue weighted by Crippen LogP contribution is -2.21. The number of unbranched alkanes of at least 4 members (excludes halogenated alkanes) is 18. The number of hydrogen-bond donors (Lipinski definition) is 1. The highest BCUT2D eigenvalue weighted by atomic mass is 16.5. The second kappa shape index (κ2) is 27.0. The molecule has 0 radical (unpaired) electrons. The van der Waals surface area contributed by atoms with E-state index in [-0.39, 0.29) is 13.0 Å². The fraction of sp³-hybridized carbons (Fsp3) is 0.806. The molecule has 0 heterocycles. The summed E-state index contributed by atoms with van der Waals surface area (Å²) in [6.07, 6.45) is 32.7. The van der Waals surface area contributed by atoms with Gasteiger partial charge in [0.1, 0.15) is 6.61 Å². The molecule has 0 bridgehead atoms. The summed E-state index contributed by atoms with van der Waals surface area (Å²) in [5.74, 6) is -1.89. The van der Waals surface area contributed by atoms with Gasteiger partial charge in [-0.1, -0.05) is 134 Å². The summed E-state index contributed by atoms with van der Waals surface area (Å²) in [5, 5.41) is 9.00. The first-order valence-corrected chi connectivity index (χ1v) is 14.8. The first-order chi connectivity index (χ1) is 17.1. The molecular formula is C31H56O4. The molecule has 0 spiro atoms. The van der Waals surface area contributed by atoms with Crippen LogP contribution in [0.1, 0.15) is 148 Å². The van der Waals surface area contributed by atoms with E-state index in [0.717, 1.165) is 19.3 Å². The lowest BCUT2D eigenvalue weighted by molar-refractivity contribution is -0.152. The number of hydrogen-bond acceptors (Lipinski definition) is 3. The van der Waals surface area contributed by atoms with Gasteiger partial charge in [0.15, 0.2) is 0 Å². The number of allylic oxidation sites excluding steroid dienone is 2. The Bertz CT molecular complexity index is 526. The van der Waals surface area contributed by atoms with E-state index in [1.54, 1.807) is 0 Å². The molecule has 0 saturated carbocycles. The van der Waals surface area contributed by atoms with Crippen LogP contribution in [-0.2, 0) is 14.3 Å². The molecule has 1 unspecified atom stereocenters. The Labute approximate surface area is 217 Å². The quantitative estimate of drug-likeness (QED) is 0.0704. The maximum Gasteiger partial charge on any atom is 0.309 e. The Morgan fingerprint density at radius 2 is 1.14 bits per heavy atom. The molecule has 0 aromatic carbocycles. The van der Waals surface area contributed by atoms with Gasteiger partial charge >= 0.3 is 11.9 Å². The maximum absolute atomic E-state index is 11.9. The van der Waals surface area contributed by atoms with Gasteiger partial charge in [0.2, 0.25) is 0 Å². The lowest BCUT2D eigenvalue weighted by Gasteiger charge is -2.13. The van der Waals surface area contributed by atoms with Crippen molar-refractivity contribution in [2.75, 3.05) is 6.61 Å². The second-order valence-electron chi connectivity index (χ2n) is 10.1. The van der Waals surface area contributed by atoms with E-state index in [1.807, 2.05) is 0 Å². The van der Waals surface area contributed by atoms with Crippen LogP contribution in [0.15, 0.2) is 24.8 Å². The van der Waals surface area contributed by atoms with E-state index in [1.165, 1.54) is 115 Å². The zero-order chi connectivity index (χ0) is 25.8. The molecule has 0 saturated heterocycles. The number of carbonyl (C=O) groups is 2. The normalized spacial score (nSPS) is 12.1. The first kappa shape index (κ1) is 33.4. The van der Waals surface area contributed by atoms with E-state index in [2.05, 4.69) is 25.7 Å². The molecule has 204 valence electrons. The summed E-state index contributed by atoms with van der Waals surface area (Å²) in [5.41, 5.74) is 0. The van der Waals surface area contributed by atoms with Crippen LogP contribution in [0.5, 0.6) is 0 Å².